The van der Waals surface area contributed by atoms with Crippen molar-refractivity contribution in [1.82, 2.24) is 4.90 Å². The monoisotopic (exact) mass is 280 g/mol. The Bertz CT molecular complexity index is 521. The number of nitrogens with zero attached hydrogens (tertiary/aromatic N) is 1. The largest absolute Gasteiger partial charge is 0.480 e. The normalized spacial score (nSPS) is 22.4. The standard InChI is InChI=1S/C14H17FN2O3/c1-9-5-4-8-17(12(9)13(18)19)14(20)16-11-7-3-2-6-10(11)15/h2-3,6-7,9,12H,4-5,8H2,1H3,(H,16,20)(H,18,19). The Kier molecular flexibility index (Phi) is 4.22. The van der Waals surface area contributed by atoms with Gasteiger partial charge in [-0.1, -0.05) is 19.1 Å². The van der Waals surface area contributed by atoms with Crippen molar-refractivity contribution >= 4 is 17.7 Å². The van der Waals surface area contributed by atoms with Crippen molar-refractivity contribution < 1.29 is 19.1 Å². The molecule has 0 bridgehead atoms. The lowest BCUT2D eigenvalue weighted by atomic mass is 9.91. The van der Waals surface area contributed by atoms with E-state index in [2.05, 4.69) is 5.32 Å². The van der Waals surface area contributed by atoms with Crippen LogP contribution in [-0.2, 0) is 4.79 Å². The van der Waals surface area contributed by atoms with E-state index in [4.69, 9.17) is 0 Å². The van der Waals surface area contributed by atoms with Gasteiger partial charge >= 0.3 is 12.0 Å². The van der Waals surface area contributed by atoms with Crippen molar-refractivity contribution in [3.05, 3.63) is 30.1 Å². The minimum absolute atomic E-state index is 0.0554. The minimum atomic E-state index is -1.03. The van der Waals surface area contributed by atoms with Crippen LogP contribution >= 0.6 is 0 Å². The molecule has 2 atom stereocenters. The van der Waals surface area contributed by atoms with E-state index >= 15 is 0 Å². The number of carboxylic acid groups (broad SMARTS) is 1. The molecule has 0 spiro atoms. The van der Waals surface area contributed by atoms with Gasteiger partial charge in [-0.2, -0.15) is 0 Å². The fourth-order valence-corrected chi connectivity index (χ4v) is 2.54. The first-order valence-corrected chi connectivity index (χ1v) is 6.55. The van der Waals surface area contributed by atoms with Crippen molar-refractivity contribution in [2.45, 2.75) is 25.8 Å². The van der Waals surface area contributed by atoms with Crippen LogP contribution in [0.3, 0.4) is 0 Å². The lowest BCUT2D eigenvalue weighted by molar-refractivity contribution is -0.145. The summed E-state index contributed by atoms with van der Waals surface area (Å²) in [5, 5.41) is 11.7. The second-order valence-corrected chi connectivity index (χ2v) is 5.01. The fraction of sp³-hybridized carbons (Fsp3) is 0.429. The predicted octanol–water partition coefficient (Wildman–Crippen LogP) is 2.54. The fourth-order valence-electron chi connectivity index (χ4n) is 2.54. The zero-order valence-electron chi connectivity index (χ0n) is 11.2. The summed E-state index contributed by atoms with van der Waals surface area (Å²) in [5.74, 6) is -1.69. The Morgan fingerprint density at radius 1 is 1.40 bits per heavy atom. The zero-order valence-corrected chi connectivity index (χ0v) is 11.2. The molecular weight excluding hydrogens is 263 g/mol. The Labute approximate surface area is 116 Å². The van der Waals surface area contributed by atoms with E-state index in [1.807, 2.05) is 0 Å². The Hall–Kier alpha value is -2.11. The first kappa shape index (κ1) is 14.3. The van der Waals surface area contributed by atoms with Crippen molar-refractivity contribution in [2.24, 2.45) is 5.92 Å². The number of rotatable bonds is 2. The van der Waals surface area contributed by atoms with Crippen molar-refractivity contribution in [2.75, 3.05) is 11.9 Å². The van der Waals surface area contributed by atoms with Crippen LogP contribution in [0, 0.1) is 11.7 Å². The summed E-state index contributed by atoms with van der Waals surface area (Å²) in [7, 11) is 0. The van der Waals surface area contributed by atoms with Gasteiger partial charge in [0.25, 0.3) is 0 Å². The molecule has 1 aliphatic heterocycles. The lowest BCUT2D eigenvalue weighted by Gasteiger charge is -2.37. The summed E-state index contributed by atoms with van der Waals surface area (Å²) in [4.78, 5) is 24.7. The molecule has 2 amide bonds. The summed E-state index contributed by atoms with van der Waals surface area (Å²) in [6, 6.07) is 4.37. The summed E-state index contributed by atoms with van der Waals surface area (Å²) in [5.41, 5.74) is 0.0554. The van der Waals surface area contributed by atoms with Crippen LogP contribution in [-0.4, -0.2) is 34.6 Å². The first-order valence-electron chi connectivity index (χ1n) is 6.55. The maximum absolute atomic E-state index is 13.5. The predicted molar refractivity (Wildman–Crippen MR) is 71.9 cm³/mol. The molecule has 1 fully saturated rings. The van der Waals surface area contributed by atoms with Gasteiger partial charge in [0.15, 0.2) is 0 Å². The summed E-state index contributed by atoms with van der Waals surface area (Å²) >= 11 is 0. The molecular formula is C14H17FN2O3. The smallest absolute Gasteiger partial charge is 0.326 e. The average molecular weight is 280 g/mol. The number of carboxylic acids is 1. The number of halogens is 1. The highest BCUT2D eigenvalue weighted by Crippen LogP contribution is 2.24. The highest BCUT2D eigenvalue weighted by Gasteiger charge is 2.37. The van der Waals surface area contributed by atoms with E-state index in [0.717, 1.165) is 12.8 Å². The molecule has 1 aromatic carbocycles. The minimum Gasteiger partial charge on any atom is -0.480 e. The molecule has 2 unspecified atom stereocenters. The van der Waals surface area contributed by atoms with Gasteiger partial charge in [-0.25, -0.2) is 14.0 Å². The Morgan fingerprint density at radius 2 is 2.10 bits per heavy atom. The highest BCUT2D eigenvalue weighted by atomic mass is 19.1. The number of piperidine rings is 1. The molecule has 0 saturated carbocycles. The van der Waals surface area contributed by atoms with Gasteiger partial charge in [-0.3, -0.25) is 0 Å². The number of carbonyl (C=O) groups excluding carboxylic acids is 1. The molecule has 108 valence electrons. The molecule has 1 aromatic rings. The average Bonchev–Trinajstić information content (AvgIpc) is 2.40. The quantitative estimate of drug-likeness (QED) is 0.874. The van der Waals surface area contributed by atoms with Gasteiger partial charge in [0.2, 0.25) is 0 Å². The summed E-state index contributed by atoms with van der Waals surface area (Å²) < 4.78 is 13.5. The molecule has 0 radical (unpaired) electrons. The number of hydrogen-bond donors (Lipinski definition) is 2. The van der Waals surface area contributed by atoms with Gasteiger partial charge in [0.1, 0.15) is 11.9 Å². The number of likely N-dealkylation sites (tertiary alicyclic amines) is 1. The van der Waals surface area contributed by atoms with Crippen LogP contribution in [0.25, 0.3) is 0 Å². The van der Waals surface area contributed by atoms with E-state index in [1.165, 1.54) is 23.1 Å². The van der Waals surface area contributed by atoms with Crippen LogP contribution in [0.2, 0.25) is 0 Å². The highest BCUT2D eigenvalue weighted by molar-refractivity contribution is 5.92. The number of nitrogens with one attached hydrogen (secondary N) is 1. The molecule has 0 aromatic heterocycles. The summed E-state index contributed by atoms with van der Waals surface area (Å²) in [6.07, 6.45) is 1.51. The maximum atomic E-state index is 13.5. The third-order valence-corrected chi connectivity index (χ3v) is 3.56. The maximum Gasteiger partial charge on any atom is 0.326 e. The van der Waals surface area contributed by atoms with Gasteiger partial charge in [0, 0.05) is 6.54 Å². The molecule has 0 aliphatic carbocycles. The van der Waals surface area contributed by atoms with Crippen molar-refractivity contribution in [1.29, 1.82) is 0 Å². The third-order valence-electron chi connectivity index (χ3n) is 3.56. The molecule has 2 rings (SSSR count). The van der Waals surface area contributed by atoms with Gasteiger partial charge in [-0.15, -0.1) is 0 Å². The molecule has 2 N–H and O–H groups in total. The van der Waals surface area contributed by atoms with Crippen LogP contribution in [0.4, 0.5) is 14.9 Å². The van der Waals surface area contributed by atoms with Gasteiger partial charge in [-0.05, 0) is 30.9 Å². The van der Waals surface area contributed by atoms with Crippen molar-refractivity contribution in [3.63, 3.8) is 0 Å². The molecule has 1 saturated heterocycles. The SMILES string of the molecule is CC1CCCN(C(=O)Nc2ccccc2F)C1C(=O)O. The second kappa shape index (κ2) is 5.90. The van der Waals surface area contributed by atoms with E-state index in [9.17, 15) is 19.1 Å². The number of anilines is 1. The number of carbonyl (C=O) groups is 2. The second-order valence-electron chi connectivity index (χ2n) is 5.01. The van der Waals surface area contributed by atoms with E-state index in [0.29, 0.717) is 6.54 Å². The van der Waals surface area contributed by atoms with E-state index < -0.39 is 23.9 Å². The molecule has 6 heteroatoms. The van der Waals surface area contributed by atoms with Crippen LogP contribution in [0.15, 0.2) is 24.3 Å². The molecule has 1 aliphatic rings. The third kappa shape index (κ3) is 2.89. The first-order chi connectivity index (χ1) is 9.50. The van der Waals surface area contributed by atoms with Crippen LogP contribution in [0.5, 0.6) is 0 Å². The lowest BCUT2D eigenvalue weighted by Crippen LogP contribution is -2.53. The summed E-state index contributed by atoms with van der Waals surface area (Å²) in [6.45, 7) is 2.17. The Morgan fingerprint density at radius 3 is 2.75 bits per heavy atom. The number of aliphatic carboxylic acids is 1. The topological polar surface area (TPSA) is 69.6 Å². The van der Waals surface area contributed by atoms with Gasteiger partial charge < -0.3 is 15.3 Å². The Balaban J connectivity index is 2.15. The van der Waals surface area contributed by atoms with Gasteiger partial charge in [0.05, 0.1) is 5.69 Å². The molecule has 20 heavy (non-hydrogen) atoms. The number of para-hydroxylation sites is 1. The number of benzene rings is 1. The van der Waals surface area contributed by atoms with Crippen molar-refractivity contribution in [3.8, 4) is 0 Å². The number of amides is 2. The zero-order chi connectivity index (χ0) is 14.7. The number of urea groups is 1. The number of hydrogen-bond acceptors (Lipinski definition) is 2. The van der Waals surface area contributed by atoms with Crippen LogP contribution in [0.1, 0.15) is 19.8 Å². The molecule has 1 heterocycles. The molecule has 5 nitrogen and oxygen atoms in total. The van der Waals surface area contributed by atoms with Crippen LogP contribution < -0.4 is 5.32 Å². The van der Waals surface area contributed by atoms with E-state index in [-0.39, 0.29) is 11.6 Å². The van der Waals surface area contributed by atoms with E-state index in [1.54, 1.807) is 13.0 Å².